The Balaban J connectivity index is 1.91. The molecule has 0 saturated carbocycles. The van der Waals surface area contributed by atoms with Crippen molar-refractivity contribution in [1.29, 1.82) is 0 Å². The highest BCUT2D eigenvalue weighted by atomic mass is 32.1. The van der Waals surface area contributed by atoms with Gasteiger partial charge in [-0.2, -0.15) is 0 Å². The lowest BCUT2D eigenvalue weighted by Gasteiger charge is -2.08. The SMILES string of the molecule is CCCNc1nc(-c2ccoc2)nc2sc3c(c12)CCC3. The van der Waals surface area contributed by atoms with Crippen LogP contribution < -0.4 is 5.32 Å². The molecule has 5 heteroatoms. The molecule has 0 atom stereocenters. The third kappa shape index (κ3) is 2.12. The van der Waals surface area contributed by atoms with Crippen LogP contribution in [0.15, 0.2) is 23.0 Å². The molecule has 108 valence electrons. The summed E-state index contributed by atoms with van der Waals surface area (Å²) in [7, 11) is 0. The number of aryl methyl sites for hydroxylation is 2. The van der Waals surface area contributed by atoms with Crippen molar-refractivity contribution in [2.24, 2.45) is 0 Å². The molecule has 0 aliphatic heterocycles. The standard InChI is InChI=1S/C16H17N3OS/c1-2-7-17-15-13-11-4-3-5-12(11)21-16(13)19-14(18-15)10-6-8-20-9-10/h6,8-9H,2-5,7H2,1H3,(H,17,18,19). The van der Waals surface area contributed by atoms with Gasteiger partial charge in [0.2, 0.25) is 0 Å². The third-order valence-electron chi connectivity index (χ3n) is 3.89. The Labute approximate surface area is 127 Å². The molecular weight excluding hydrogens is 282 g/mol. The van der Waals surface area contributed by atoms with Crippen LogP contribution in [-0.2, 0) is 12.8 Å². The van der Waals surface area contributed by atoms with Gasteiger partial charge in [0.05, 0.1) is 17.2 Å². The maximum absolute atomic E-state index is 5.17. The zero-order chi connectivity index (χ0) is 14.2. The Kier molecular flexibility index (Phi) is 3.15. The Morgan fingerprint density at radius 3 is 3.10 bits per heavy atom. The summed E-state index contributed by atoms with van der Waals surface area (Å²) in [5.41, 5.74) is 2.40. The number of aromatic nitrogens is 2. The van der Waals surface area contributed by atoms with Crippen LogP contribution in [-0.4, -0.2) is 16.5 Å². The second-order valence-electron chi connectivity index (χ2n) is 5.37. The third-order valence-corrected chi connectivity index (χ3v) is 5.07. The first kappa shape index (κ1) is 12.8. The number of hydrogen-bond acceptors (Lipinski definition) is 5. The first-order valence-electron chi connectivity index (χ1n) is 7.45. The van der Waals surface area contributed by atoms with Crippen molar-refractivity contribution in [2.45, 2.75) is 32.6 Å². The van der Waals surface area contributed by atoms with Crippen LogP contribution in [0.25, 0.3) is 21.6 Å². The molecule has 1 aliphatic carbocycles. The fourth-order valence-electron chi connectivity index (χ4n) is 2.89. The average molecular weight is 299 g/mol. The van der Waals surface area contributed by atoms with Crippen LogP contribution in [0, 0.1) is 0 Å². The van der Waals surface area contributed by atoms with Crippen molar-refractivity contribution >= 4 is 27.4 Å². The lowest BCUT2D eigenvalue weighted by atomic mass is 10.2. The zero-order valence-electron chi connectivity index (χ0n) is 12.0. The molecule has 0 radical (unpaired) electrons. The van der Waals surface area contributed by atoms with Crippen molar-refractivity contribution in [3.8, 4) is 11.4 Å². The van der Waals surface area contributed by atoms with E-state index >= 15 is 0 Å². The largest absolute Gasteiger partial charge is 0.472 e. The summed E-state index contributed by atoms with van der Waals surface area (Å²) in [6, 6.07) is 1.91. The van der Waals surface area contributed by atoms with Gasteiger partial charge in [-0.25, -0.2) is 9.97 Å². The molecule has 1 aliphatic rings. The van der Waals surface area contributed by atoms with E-state index in [0.717, 1.165) is 41.4 Å². The normalized spacial score (nSPS) is 13.8. The van der Waals surface area contributed by atoms with E-state index in [1.165, 1.54) is 28.7 Å². The van der Waals surface area contributed by atoms with Gasteiger partial charge < -0.3 is 9.73 Å². The fraction of sp³-hybridized carbons (Fsp3) is 0.375. The van der Waals surface area contributed by atoms with Gasteiger partial charge in [0, 0.05) is 11.4 Å². The first-order chi connectivity index (χ1) is 10.4. The summed E-state index contributed by atoms with van der Waals surface area (Å²) in [5, 5.41) is 4.72. The van der Waals surface area contributed by atoms with Gasteiger partial charge >= 0.3 is 0 Å². The highest BCUT2D eigenvalue weighted by Crippen LogP contribution is 2.40. The molecule has 3 heterocycles. The predicted molar refractivity (Wildman–Crippen MR) is 85.9 cm³/mol. The summed E-state index contributed by atoms with van der Waals surface area (Å²) >= 11 is 1.82. The molecule has 3 aromatic heterocycles. The molecule has 0 spiro atoms. The molecule has 3 aromatic rings. The van der Waals surface area contributed by atoms with Gasteiger partial charge in [-0.05, 0) is 37.3 Å². The second-order valence-corrected chi connectivity index (χ2v) is 6.46. The lowest BCUT2D eigenvalue weighted by molar-refractivity contribution is 0.568. The number of nitrogens with one attached hydrogen (secondary N) is 1. The zero-order valence-corrected chi connectivity index (χ0v) is 12.8. The molecule has 1 N–H and O–H groups in total. The number of hydrogen-bond donors (Lipinski definition) is 1. The van der Waals surface area contributed by atoms with E-state index in [1.54, 1.807) is 12.5 Å². The van der Waals surface area contributed by atoms with Gasteiger partial charge in [-0.1, -0.05) is 6.92 Å². The average Bonchev–Trinajstić information content (AvgIpc) is 3.19. The van der Waals surface area contributed by atoms with Gasteiger partial charge in [0.25, 0.3) is 0 Å². The Morgan fingerprint density at radius 1 is 1.33 bits per heavy atom. The quantitative estimate of drug-likeness (QED) is 0.782. The molecule has 0 unspecified atom stereocenters. The highest BCUT2D eigenvalue weighted by Gasteiger charge is 2.22. The van der Waals surface area contributed by atoms with Crippen molar-refractivity contribution < 1.29 is 4.42 Å². The summed E-state index contributed by atoms with van der Waals surface area (Å²) in [6.45, 7) is 3.10. The molecule has 0 aromatic carbocycles. The van der Waals surface area contributed by atoms with Crippen molar-refractivity contribution in [1.82, 2.24) is 9.97 Å². The topological polar surface area (TPSA) is 51.0 Å². The Morgan fingerprint density at radius 2 is 2.29 bits per heavy atom. The Hall–Kier alpha value is -1.88. The second kappa shape index (κ2) is 5.15. The van der Waals surface area contributed by atoms with Gasteiger partial charge in [-0.15, -0.1) is 11.3 Å². The molecule has 21 heavy (non-hydrogen) atoms. The van der Waals surface area contributed by atoms with Crippen LogP contribution in [0.3, 0.4) is 0 Å². The summed E-state index contributed by atoms with van der Waals surface area (Å²) < 4.78 is 5.17. The van der Waals surface area contributed by atoms with E-state index in [1.807, 2.05) is 17.4 Å². The summed E-state index contributed by atoms with van der Waals surface area (Å²) in [5.74, 6) is 1.73. The number of anilines is 1. The Bertz CT molecular complexity index is 777. The smallest absolute Gasteiger partial charge is 0.166 e. The van der Waals surface area contributed by atoms with Gasteiger partial charge in [0.1, 0.15) is 16.9 Å². The van der Waals surface area contributed by atoms with E-state index < -0.39 is 0 Å². The van der Waals surface area contributed by atoms with Gasteiger partial charge in [-0.3, -0.25) is 0 Å². The first-order valence-corrected chi connectivity index (χ1v) is 8.27. The molecule has 4 rings (SSSR count). The molecule has 0 bridgehead atoms. The van der Waals surface area contributed by atoms with E-state index in [2.05, 4.69) is 12.2 Å². The van der Waals surface area contributed by atoms with Crippen molar-refractivity contribution in [2.75, 3.05) is 11.9 Å². The molecule has 0 saturated heterocycles. The highest BCUT2D eigenvalue weighted by molar-refractivity contribution is 7.19. The van der Waals surface area contributed by atoms with Crippen LogP contribution in [0.5, 0.6) is 0 Å². The van der Waals surface area contributed by atoms with Crippen LogP contribution in [0.4, 0.5) is 5.82 Å². The maximum atomic E-state index is 5.17. The number of rotatable bonds is 4. The predicted octanol–water partition coefficient (Wildman–Crippen LogP) is 4.26. The lowest BCUT2D eigenvalue weighted by Crippen LogP contribution is -2.04. The minimum atomic E-state index is 0.745. The number of fused-ring (bicyclic) bond motifs is 3. The van der Waals surface area contributed by atoms with Crippen molar-refractivity contribution in [3.05, 3.63) is 29.0 Å². The minimum Gasteiger partial charge on any atom is -0.472 e. The van der Waals surface area contributed by atoms with E-state index in [0.29, 0.717) is 0 Å². The fourth-order valence-corrected chi connectivity index (χ4v) is 4.15. The van der Waals surface area contributed by atoms with E-state index in [4.69, 9.17) is 14.4 Å². The summed E-state index contributed by atoms with van der Waals surface area (Å²) in [4.78, 5) is 12.1. The monoisotopic (exact) mass is 299 g/mol. The number of nitrogens with zero attached hydrogens (tertiary/aromatic N) is 2. The number of furan rings is 1. The molecule has 0 amide bonds. The minimum absolute atomic E-state index is 0.745. The molecular formula is C16H17N3OS. The van der Waals surface area contributed by atoms with Gasteiger partial charge in [0.15, 0.2) is 5.82 Å². The van der Waals surface area contributed by atoms with E-state index in [9.17, 15) is 0 Å². The van der Waals surface area contributed by atoms with Crippen LogP contribution in [0.1, 0.15) is 30.2 Å². The molecule has 4 nitrogen and oxygen atoms in total. The number of thiophene rings is 1. The van der Waals surface area contributed by atoms with Crippen LogP contribution in [0.2, 0.25) is 0 Å². The van der Waals surface area contributed by atoms with Crippen molar-refractivity contribution in [3.63, 3.8) is 0 Å². The van der Waals surface area contributed by atoms with Crippen LogP contribution >= 0.6 is 11.3 Å². The summed E-state index contributed by atoms with van der Waals surface area (Å²) in [6.07, 6.45) is 8.05. The maximum Gasteiger partial charge on any atom is 0.166 e. The van der Waals surface area contributed by atoms with E-state index in [-0.39, 0.29) is 0 Å². The molecule has 0 fully saturated rings.